The predicted molar refractivity (Wildman–Crippen MR) is 78.3 cm³/mol. The minimum Gasteiger partial charge on any atom is -0.379 e. The first-order chi connectivity index (χ1) is 9.06. The second kappa shape index (κ2) is 12.4. The number of hydrogen-bond donors (Lipinski definition) is 1. The van der Waals surface area contributed by atoms with Crippen LogP contribution in [0.1, 0.15) is 59.8 Å². The van der Waals surface area contributed by atoms with Crippen LogP contribution in [0.4, 0.5) is 0 Å². The third-order valence-electron chi connectivity index (χ3n) is 2.92. The molecule has 0 aromatic rings. The molecule has 0 aromatic heterocycles. The fraction of sp³-hybridized carbons (Fsp3) is 0.933. The van der Waals surface area contributed by atoms with E-state index >= 15 is 0 Å². The maximum Gasteiger partial charge on any atom is 0.246 e. The molecular weight excluding hydrogens is 242 g/mol. The summed E-state index contributed by atoms with van der Waals surface area (Å²) in [5.74, 6) is -0.0196. The fourth-order valence-electron chi connectivity index (χ4n) is 1.50. The minimum absolute atomic E-state index is 0.0196. The van der Waals surface area contributed by atoms with Gasteiger partial charge in [-0.05, 0) is 40.0 Å². The molecule has 0 radical (unpaired) electrons. The van der Waals surface area contributed by atoms with Crippen LogP contribution in [-0.4, -0.2) is 37.9 Å². The summed E-state index contributed by atoms with van der Waals surface area (Å²) in [6.45, 7) is 9.85. The van der Waals surface area contributed by atoms with Gasteiger partial charge < -0.3 is 14.8 Å². The van der Waals surface area contributed by atoms with Gasteiger partial charge in [-0.1, -0.05) is 19.8 Å². The number of carbonyl (C=O) groups excluding carboxylic acids is 1. The van der Waals surface area contributed by atoms with Crippen molar-refractivity contribution >= 4 is 5.91 Å². The van der Waals surface area contributed by atoms with E-state index in [1.54, 1.807) is 0 Å². The molecule has 114 valence electrons. The lowest BCUT2D eigenvalue weighted by Gasteiger charge is -2.10. The Morgan fingerprint density at radius 1 is 1.05 bits per heavy atom. The van der Waals surface area contributed by atoms with Crippen LogP contribution in [0.2, 0.25) is 0 Å². The van der Waals surface area contributed by atoms with Crippen LogP contribution in [0.5, 0.6) is 0 Å². The lowest BCUT2D eigenvalue weighted by Crippen LogP contribution is -2.29. The molecule has 0 aliphatic heterocycles. The molecule has 0 aliphatic rings. The van der Waals surface area contributed by atoms with Crippen LogP contribution in [-0.2, 0) is 14.3 Å². The first kappa shape index (κ1) is 18.4. The number of rotatable bonds is 12. The quantitative estimate of drug-likeness (QED) is 0.556. The van der Waals surface area contributed by atoms with Gasteiger partial charge in [0.2, 0.25) is 5.91 Å². The van der Waals surface area contributed by atoms with Crippen molar-refractivity contribution in [3.05, 3.63) is 0 Å². The van der Waals surface area contributed by atoms with Crippen LogP contribution < -0.4 is 5.32 Å². The largest absolute Gasteiger partial charge is 0.379 e. The van der Waals surface area contributed by atoms with Gasteiger partial charge in [-0.15, -0.1) is 0 Å². The standard InChI is InChI=1S/C15H31NO3/c1-5-14(4)18-11-9-7-6-8-10-16-15(17)12-19-13(2)3/h13-14H,5-12H2,1-4H3,(H,16,17). The summed E-state index contributed by atoms with van der Waals surface area (Å²) in [6.07, 6.45) is 5.98. The molecule has 4 nitrogen and oxygen atoms in total. The van der Waals surface area contributed by atoms with Gasteiger partial charge in [0, 0.05) is 13.2 Å². The fourth-order valence-corrected chi connectivity index (χ4v) is 1.50. The highest BCUT2D eigenvalue weighted by molar-refractivity contribution is 5.77. The van der Waals surface area contributed by atoms with E-state index in [-0.39, 0.29) is 18.6 Å². The van der Waals surface area contributed by atoms with Crippen molar-refractivity contribution in [1.29, 1.82) is 0 Å². The first-order valence-electron chi connectivity index (χ1n) is 7.56. The number of carbonyl (C=O) groups is 1. The molecule has 1 N–H and O–H groups in total. The van der Waals surface area contributed by atoms with Crippen molar-refractivity contribution in [1.82, 2.24) is 5.32 Å². The maximum absolute atomic E-state index is 11.3. The molecule has 0 fully saturated rings. The second-order valence-electron chi connectivity index (χ2n) is 5.21. The van der Waals surface area contributed by atoms with Gasteiger partial charge in [-0.3, -0.25) is 4.79 Å². The number of ether oxygens (including phenoxy) is 2. The Balaban J connectivity index is 3.20. The highest BCUT2D eigenvalue weighted by atomic mass is 16.5. The summed E-state index contributed by atoms with van der Waals surface area (Å²) < 4.78 is 10.8. The highest BCUT2D eigenvalue weighted by Crippen LogP contribution is 2.02. The van der Waals surface area contributed by atoms with E-state index in [2.05, 4.69) is 19.2 Å². The van der Waals surface area contributed by atoms with Crippen LogP contribution in [0.15, 0.2) is 0 Å². The Labute approximate surface area is 118 Å². The van der Waals surface area contributed by atoms with Crippen LogP contribution in [0.25, 0.3) is 0 Å². The van der Waals surface area contributed by atoms with E-state index < -0.39 is 0 Å². The average molecular weight is 273 g/mol. The highest BCUT2D eigenvalue weighted by Gasteiger charge is 2.02. The molecule has 0 aliphatic carbocycles. The molecule has 1 amide bonds. The van der Waals surface area contributed by atoms with Gasteiger partial charge >= 0.3 is 0 Å². The molecule has 0 bridgehead atoms. The minimum atomic E-state index is -0.0196. The Morgan fingerprint density at radius 2 is 1.74 bits per heavy atom. The molecule has 0 saturated carbocycles. The Morgan fingerprint density at radius 3 is 2.37 bits per heavy atom. The van der Waals surface area contributed by atoms with Gasteiger partial charge in [0.15, 0.2) is 0 Å². The zero-order chi connectivity index (χ0) is 14.5. The summed E-state index contributed by atoms with van der Waals surface area (Å²) in [7, 11) is 0. The van der Waals surface area contributed by atoms with Crippen LogP contribution in [0.3, 0.4) is 0 Å². The van der Waals surface area contributed by atoms with Gasteiger partial charge in [0.25, 0.3) is 0 Å². The molecule has 0 heterocycles. The first-order valence-corrected chi connectivity index (χ1v) is 7.56. The van der Waals surface area contributed by atoms with Crippen LogP contribution in [0, 0.1) is 0 Å². The molecule has 4 heteroatoms. The average Bonchev–Trinajstić information content (AvgIpc) is 2.38. The number of unbranched alkanes of at least 4 members (excludes halogenated alkanes) is 3. The number of hydrogen-bond acceptors (Lipinski definition) is 3. The van der Waals surface area contributed by atoms with E-state index in [9.17, 15) is 4.79 Å². The Kier molecular flexibility index (Phi) is 12.0. The van der Waals surface area contributed by atoms with Gasteiger partial charge in [0.05, 0.1) is 12.2 Å². The van der Waals surface area contributed by atoms with E-state index in [1.807, 2.05) is 13.8 Å². The lowest BCUT2D eigenvalue weighted by atomic mass is 10.2. The van der Waals surface area contributed by atoms with Crippen molar-refractivity contribution in [2.45, 2.75) is 72.0 Å². The number of nitrogens with one attached hydrogen (secondary N) is 1. The van der Waals surface area contributed by atoms with Crippen molar-refractivity contribution in [2.24, 2.45) is 0 Å². The number of amides is 1. The molecule has 0 spiro atoms. The molecule has 0 rings (SSSR count). The van der Waals surface area contributed by atoms with E-state index in [0.29, 0.717) is 6.10 Å². The van der Waals surface area contributed by atoms with Gasteiger partial charge in [-0.25, -0.2) is 0 Å². The summed E-state index contributed by atoms with van der Waals surface area (Å²) in [5, 5.41) is 2.86. The molecule has 19 heavy (non-hydrogen) atoms. The van der Waals surface area contributed by atoms with E-state index in [0.717, 1.165) is 45.3 Å². The van der Waals surface area contributed by atoms with E-state index in [1.165, 1.54) is 0 Å². The molecule has 1 atom stereocenters. The molecular formula is C15H31NO3. The maximum atomic E-state index is 11.3. The normalized spacial score (nSPS) is 12.7. The molecule has 0 saturated heterocycles. The smallest absolute Gasteiger partial charge is 0.246 e. The predicted octanol–water partition coefficient (Wildman–Crippen LogP) is 2.90. The molecule has 1 unspecified atom stereocenters. The summed E-state index contributed by atoms with van der Waals surface area (Å²) in [5.41, 5.74) is 0. The third-order valence-corrected chi connectivity index (χ3v) is 2.92. The summed E-state index contributed by atoms with van der Waals surface area (Å²) in [4.78, 5) is 11.3. The van der Waals surface area contributed by atoms with E-state index in [4.69, 9.17) is 9.47 Å². The monoisotopic (exact) mass is 273 g/mol. The van der Waals surface area contributed by atoms with Crippen molar-refractivity contribution in [3.8, 4) is 0 Å². The van der Waals surface area contributed by atoms with Crippen molar-refractivity contribution < 1.29 is 14.3 Å². The Hall–Kier alpha value is -0.610. The van der Waals surface area contributed by atoms with Crippen molar-refractivity contribution in [3.63, 3.8) is 0 Å². The topological polar surface area (TPSA) is 47.6 Å². The van der Waals surface area contributed by atoms with Crippen molar-refractivity contribution in [2.75, 3.05) is 19.8 Å². The van der Waals surface area contributed by atoms with Gasteiger partial charge in [0.1, 0.15) is 6.61 Å². The zero-order valence-corrected chi connectivity index (χ0v) is 13.0. The van der Waals surface area contributed by atoms with Crippen LogP contribution >= 0.6 is 0 Å². The summed E-state index contributed by atoms with van der Waals surface area (Å²) in [6, 6.07) is 0. The third kappa shape index (κ3) is 13.6. The van der Waals surface area contributed by atoms with Gasteiger partial charge in [-0.2, -0.15) is 0 Å². The lowest BCUT2D eigenvalue weighted by molar-refractivity contribution is -0.127. The SMILES string of the molecule is CCC(C)OCCCCCCNC(=O)COC(C)C. The zero-order valence-electron chi connectivity index (χ0n) is 13.0. The Bertz CT molecular complexity index is 219. The molecule has 0 aromatic carbocycles. The summed E-state index contributed by atoms with van der Waals surface area (Å²) >= 11 is 0. The second-order valence-corrected chi connectivity index (χ2v) is 5.21.